The molecule has 2 N–H and O–H groups in total. The minimum absolute atomic E-state index is 0.175. The highest BCUT2D eigenvalue weighted by molar-refractivity contribution is 6.28. The molecule has 0 aliphatic rings. The van der Waals surface area contributed by atoms with E-state index in [9.17, 15) is 0 Å². The van der Waals surface area contributed by atoms with Crippen LogP contribution in [-0.4, -0.2) is 20.2 Å². The molecule has 21 heavy (non-hydrogen) atoms. The van der Waals surface area contributed by atoms with Crippen molar-refractivity contribution in [3.63, 3.8) is 0 Å². The second kappa shape index (κ2) is 4.71. The molecule has 0 amide bonds. The molecule has 0 fully saturated rings. The summed E-state index contributed by atoms with van der Waals surface area (Å²) in [6.07, 6.45) is 1.68. The van der Waals surface area contributed by atoms with Crippen molar-refractivity contribution in [2.24, 2.45) is 0 Å². The third kappa shape index (κ3) is 2.08. The van der Waals surface area contributed by atoms with Crippen LogP contribution in [0, 0.1) is 0 Å². The van der Waals surface area contributed by atoms with Crippen molar-refractivity contribution in [1.29, 1.82) is 0 Å². The first-order valence-electron chi connectivity index (χ1n) is 6.43. The van der Waals surface area contributed by atoms with Gasteiger partial charge in [0.1, 0.15) is 5.82 Å². The van der Waals surface area contributed by atoms with Gasteiger partial charge in [0.15, 0.2) is 5.65 Å². The fourth-order valence-electron chi connectivity index (χ4n) is 2.36. The van der Waals surface area contributed by atoms with Crippen LogP contribution >= 0.6 is 11.6 Å². The highest BCUT2D eigenvalue weighted by atomic mass is 35.5. The van der Waals surface area contributed by atoms with Crippen molar-refractivity contribution in [3.8, 4) is 0 Å². The van der Waals surface area contributed by atoms with Gasteiger partial charge >= 0.3 is 0 Å². The van der Waals surface area contributed by atoms with Gasteiger partial charge in [-0.3, -0.25) is 5.10 Å². The number of fused-ring (bicyclic) bond motifs is 2. The zero-order valence-corrected chi connectivity index (χ0v) is 11.6. The fraction of sp³-hybridized carbons (Fsp3) is 0. The minimum Gasteiger partial charge on any atom is -0.339 e. The van der Waals surface area contributed by atoms with Gasteiger partial charge in [0.25, 0.3) is 0 Å². The molecule has 0 radical (unpaired) electrons. The summed E-state index contributed by atoms with van der Waals surface area (Å²) in [5.41, 5.74) is 1.57. The van der Waals surface area contributed by atoms with Crippen molar-refractivity contribution in [1.82, 2.24) is 20.2 Å². The fourth-order valence-corrected chi connectivity index (χ4v) is 2.53. The molecule has 2 aromatic heterocycles. The zero-order valence-electron chi connectivity index (χ0n) is 10.8. The summed E-state index contributed by atoms with van der Waals surface area (Å²) in [5, 5.41) is 13.3. The molecule has 2 heterocycles. The lowest BCUT2D eigenvalue weighted by atomic mass is 10.1. The first-order chi connectivity index (χ1) is 10.3. The molecular weight excluding hydrogens is 286 g/mol. The van der Waals surface area contributed by atoms with Crippen molar-refractivity contribution >= 4 is 44.9 Å². The molecular formula is C15H10ClN5. The van der Waals surface area contributed by atoms with Crippen molar-refractivity contribution in [3.05, 3.63) is 53.9 Å². The van der Waals surface area contributed by atoms with E-state index in [0.717, 1.165) is 21.8 Å². The standard InChI is InChI=1S/C15H10ClN5/c16-15-19-13(11-8-17-21-14(11)20-15)18-12-7-3-5-9-4-1-2-6-10(9)12/h1-8H,(H2,17,18,19,20,21). The van der Waals surface area contributed by atoms with Crippen LogP contribution in [0.3, 0.4) is 0 Å². The van der Waals surface area contributed by atoms with Gasteiger partial charge in [-0.25, -0.2) is 0 Å². The van der Waals surface area contributed by atoms with E-state index in [2.05, 4.69) is 43.7 Å². The number of nitrogens with one attached hydrogen (secondary N) is 2. The first-order valence-corrected chi connectivity index (χ1v) is 6.80. The van der Waals surface area contributed by atoms with E-state index in [-0.39, 0.29) is 5.28 Å². The van der Waals surface area contributed by atoms with Crippen molar-refractivity contribution in [2.75, 3.05) is 5.32 Å². The highest BCUT2D eigenvalue weighted by Crippen LogP contribution is 2.28. The quantitative estimate of drug-likeness (QED) is 0.550. The van der Waals surface area contributed by atoms with Crippen LogP contribution < -0.4 is 5.32 Å². The Bertz CT molecular complexity index is 942. The molecule has 0 aliphatic heterocycles. The predicted octanol–water partition coefficient (Wildman–Crippen LogP) is 3.90. The Kier molecular flexibility index (Phi) is 2.72. The summed E-state index contributed by atoms with van der Waals surface area (Å²) in [4.78, 5) is 8.36. The number of benzene rings is 2. The first kappa shape index (κ1) is 12.1. The number of aromatic amines is 1. The van der Waals surface area contributed by atoms with Crippen molar-refractivity contribution < 1.29 is 0 Å². The Balaban J connectivity index is 1.89. The summed E-state index contributed by atoms with van der Waals surface area (Å²) in [7, 11) is 0. The van der Waals surface area contributed by atoms with Gasteiger partial charge in [0, 0.05) is 11.1 Å². The van der Waals surface area contributed by atoms with E-state index in [4.69, 9.17) is 11.6 Å². The summed E-state index contributed by atoms with van der Waals surface area (Å²) in [5.74, 6) is 0.634. The number of hydrogen-bond donors (Lipinski definition) is 2. The molecule has 0 saturated carbocycles. The molecule has 4 aromatic rings. The number of hydrogen-bond acceptors (Lipinski definition) is 4. The Morgan fingerprint density at radius 1 is 0.952 bits per heavy atom. The maximum absolute atomic E-state index is 5.96. The normalized spacial score (nSPS) is 11.1. The Hall–Kier alpha value is -2.66. The lowest BCUT2D eigenvalue weighted by Crippen LogP contribution is -1.97. The number of anilines is 2. The van der Waals surface area contributed by atoms with Crippen LogP contribution in [0.25, 0.3) is 21.8 Å². The van der Waals surface area contributed by atoms with E-state index < -0.39 is 0 Å². The molecule has 0 unspecified atom stereocenters. The topological polar surface area (TPSA) is 66.5 Å². The van der Waals surface area contributed by atoms with Gasteiger partial charge in [0.05, 0.1) is 11.6 Å². The van der Waals surface area contributed by atoms with Crippen LogP contribution in [0.2, 0.25) is 5.28 Å². The molecule has 0 spiro atoms. The Morgan fingerprint density at radius 2 is 1.81 bits per heavy atom. The van der Waals surface area contributed by atoms with E-state index >= 15 is 0 Å². The summed E-state index contributed by atoms with van der Waals surface area (Å²) in [6.45, 7) is 0. The molecule has 6 heteroatoms. The number of aromatic nitrogens is 4. The average molecular weight is 296 g/mol. The van der Waals surface area contributed by atoms with Gasteiger partial charge in [-0.1, -0.05) is 36.4 Å². The third-order valence-electron chi connectivity index (χ3n) is 3.33. The molecule has 0 bridgehead atoms. The molecule has 0 saturated heterocycles. The third-order valence-corrected chi connectivity index (χ3v) is 3.49. The SMILES string of the molecule is Clc1nc(Nc2cccc3ccccc23)c2cn[nH]c2n1. The lowest BCUT2D eigenvalue weighted by molar-refractivity contribution is 1.09. The molecule has 2 aromatic carbocycles. The number of halogens is 1. The molecule has 0 aliphatic carbocycles. The smallest absolute Gasteiger partial charge is 0.226 e. The summed E-state index contributed by atoms with van der Waals surface area (Å²) in [6, 6.07) is 14.2. The largest absolute Gasteiger partial charge is 0.339 e. The van der Waals surface area contributed by atoms with Gasteiger partial charge in [-0.15, -0.1) is 0 Å². The monoisotopic (exact) mass is 295 g/mol. The maximum atomic E-state index is 5.96. The second-order valence-corrected chi connectivity index (χ2v) is 4.96. The Morgan fingerprint density at radius 3 is 2.76 bits per heavy atom. The second-order valence-electron chi connectivity index (χ2n) is 4.63. The molecule has 5 nitrogen and oxygen atoms in total. The van der Waals surface area contributed by atoms with Crippen molar-refractivity contribution in [2.45, 2.75) is 0 Å². The summed E-state index contributed by atoms with van der Waals surface area (Å²) < 4.78 is 0. The molecule has 102 valence electrons. The van der Waals surface area contributed by atoms with Gasteiger partial charge in [0.2, 0.25) is 5.28 Å². The number of H-pyrrole nitrogens is 1. The van der Waals surface area contributed by atoms with E-state index in [0.29, 0.717) is 11.5 Å². The van der Waals surface area contributed by atoms with Crippen LogP contribution in [0.1, 0.15) is 0 Å². The van der Waals surface area contributed by atoms with E-state index in [1.165, 1.54) is 0 Å². The van der Waals surface area contributed by atoms with Crippen LogP contribution in [0.15, 0.2) is 48.7 Å². The minimum atomic E-state index is 0.175. The number of rotatable bonds is 2. The maximum Gasteiger partial charge on any atom is 0.226 e. The predicted molar refractivity (Wildman–Crippen MR) is 83.9 cm³/mol. The van der Waals surface area contributed by atoms with Gasteiger partial charge in [-0.05, 0) is 23.1 Å². The molecule has 0 atom stereocenters. The van der Waals surface area contributed by atoms with Crippen LogP contribution in [0.5, 0.6) is 0 Å². The summed E-state index contributed by atoms with van der Waals surface area (Å²) >= 11 is 5.96. The lowest BCUT2D eigenvalue weighted by Gasteiger charge is -2.09. The average Bonchev–Trinajstić information content (AvgIpc) is 2.96. The Labute approximate surface area is 125 Å². The van der Waals surface area contributed by atoms with Crippen LogP contribution in [0.4, 0.5) is 11.5 Å². The molecule has 4 rings (SSSR count). The number of nitrogens with zero attached hydrogens (tertiary/aromatic N) is 3. The highest BCUT2D eigenvalue weighted by Gasteiger charge is 2.09. The van der Waals surface area contributed by atoms with E-state index in [1.807, 2.05) is 24.3 Å². The van der Waals surface area contributed by atoms with Gasteiger partial charge < -0.3 is 5.32 Å². The van der Waals surface area contributed by atoms with E-state index in [1.54, 1.807) is 6.20 Å². The van der Waals surface area contributed by atoms with Crippen LogP contribution in [-0.2, 0) is 0 Å². The van der Waals surface area contributed by atoms with Gasteiger partial charge in [-0.2, -0.15) is 15.1 Å². The zero-order chi connectivity index (χ0) is 14.2.